The van der Waals surface area contributed by atoms with Crippen LogP contribution in [0, 0.1) is 5.41 Å². The van der Waals surface area contributed by atoms with E-state index in [2.05, 4.69) is 10.6 Å². The van der Waals surface area contributed by atoms with Crippen LogP contribution < -0.4 is 15.4 Å². The monoisotopic (exact) mass is 340 g/mol. The van der Waals surface area contributed by atoms with Crippen LogP contribution >= 0.6 is 0 Å². The minimum atomic E-state index is -1.20. The van der Waals surface area contributed by atoms with Gasteiger partial charge in [0.15, 0.2) is 0 Å². The highest BCUT2D eigenvalue weighted by Gasteiger charge is 2.36. The third-order valence-electron chi connectivity index (χ3n) is 4.03. The highest BCUT2D eigenvalue weighted by Crippen LogP contribution is 2.26. The summed E-state index contributed by atoms with van der Waals surface area (Å²) in [4.78, 5) is 25.0. The molecule has 0 aliphatic carbocycles. The van der Waals surface area contributed by atoms with E-state index in [-0.39, 0.29) is 11.8 Å². The SMILES string of the molecule is COc1ccccc1NC(=O)C(C)(C)C(=O)NCCc1ccccc1. The molecule has 132 valence electrons. The van der Waals surface area contributed by atoms with Crippen LogP contribution in [-0.4, -0.2) is 25.5 Å². The third-order valence-corrected chi connectivity index (χ3v) is 4.03. The number of carbonyl (C=O) groups is 2. The van der Waals surface area contributed by atoms with Gasteiger partial charge in [0.2, 0.25) is 11.8 Å². The van der Waals surface area contributed by atoms with Crippen LogP contribution in [0.3, 0.4) is 0 Å². The summed E-state index contributed by atoms with van der Waals surface area (Å²) in [6.45, 7) is 3.69. The van der Waals surface area contributed by atoms with Crippen molar-refractivity contribution in [3.05, 3.63) is 60.2 Å². The molecule has 0 saturated carbocycles. The molecule has 0 aliphatic rings. The second-order valence-corrected chi connectivity index (χ2v) is 6.27. The molecule has 2 amide bonds. The quantitative estimate of drug-likeness (QED) is 0.761. The number of para-hydroxylation sites is 2. The maximum absolute atomic E-state index is 12.5. The first kappa shape index (κ1) is 18.5. The molecule has 0 spiro atoms. The topological polar surface area (TPSA) is 67.4 Å². The largest absolute Gasteiger partial charge is 0.495 e. The summed E-state index contributed by atoms with van der Waals surface area (Å²) >= 11 is 0. The van der Waals surface area contributed by atoms with Gasteiger partial charge in [-0.05, 0) is 38.0 Å². The van der Waals surface area contributed by atoms with Crippen LogP contribution in [0.4, 0.5) is 5.69 Å². The maximum atomic E-state index is 12.5. The molecule has 2 N–H and O–H groups in total. The molecular weight excluding hydrogens is 316 g/mol. The predicted octanol–water partition coefficient (Wildman–Crippen LogP) is 3.02. The van der Waals surface area contributed by atoms with E-state index < -0.39 is 5.41 Å². The molecule has 0 aromatic heterocycles. The third kappa shape index (κ3) is 4.83. The second-order valence-electron chi connectivity index (χ2n) is 6.27. The van der Waals surface area contributed by atoms with Gasteiger partial charge < -0.3 is 15.4 Å². The first-order valence-electron chi connectivity index (χ1n) is 8.22. The van der Waals surface area contributed by atoms with Crippen LogP contribution in [0.1, 0.15) is 19.4 Å². The van der Waals surface area contributed by atoms with Crippen molar-refractivity contribution in [2.24, 2.45) is 5.41 Å². The van der Waals surface area contributed by atoms with Crippen molar-refractivity contribution in [3.63, 3.8) is 0 Å². The van der Waals surface area contributed by atoms with E-state index in [1.807, 2.05) is 36.4 Å². The molecule has 0 unspecified atom stereocenters. The number of ether oxygens (including phenoxy) is 1. The van der Waals surface area contributed by atoms with Crippen molar-refractivity contribution in [1.29, 1.82) is 0 Å². The molecule has 0 bridgehead atoms. The lowest BCUT2D eigenvalue weighted by Crippen LogP contribution is -2.45. The van der Waals surface area contributed by atoms with Crippen LogP contribution in [0.15, 0.2) is 54.6 Å². The normalized spacial score (nSPS) is 10.8. The Hall–Kier alpha value is -2.82. The van der Waals surface area contributed by atoms with Gasteiger partial charge >= 0.3 is 0 Å². The van der Waals surface area contributed by atoms with Gasteiger partial charge in [0, 0.05) is 6.54 Å². The Kier molecular flexibility index (Phi) is 6.17. The zero-order valence-electron chi connectivity index (χ0n) is 14.8. The summed E-state index contributed by atoms with van der Waals surface area (Å²) in [5.41, 5.74) is 0.483. The van der Waals surface area contributed by atoms with Gasteiger partial charge in [-0.15, -0.1) is 0 Å². The Balaban J connectivity index is 1.94. The Labute approximate surface area is 148 Å². The summed E-state index contributed by atoms with van der Waals surface area (Å²) < 4.78 is 5.22. The number of hydrogen-bond acceptors (Lipinski definition) is 3. The number of nitrogens with one attached hydrogen (secondary N) is 2. The van der Waals surface area contributed by atoms with E-state index in [1.54, 1.807) is 32.0 Å². The van der Waals surface area contributed by atoms with Gasteiger partial charge in [-0.1, -0.05) is 42.5 Å². The van der Waals surface area contributed by atoms with Gasteiger partial charge in [-0.25, -0.2) is 0 Å². The lowest BCUT2D eigenvalue weighted by molar-refractivity contribution is -0.138. The number of anilines is 1. The second kappa shape index (κ2) is 8.33. The molecule has 0 saturated heterocycles. The fourth-order valence-electron chi connectivity index (χ4n) is 2.32. The minimum absolute atomic E-state index is 0.309. The van der Waals surface area contributed by atoms with Crippen LogP contribution in [0.5, 0.6) is 5.75 Å². The van der Waals surface area contributed by atoms with E-state index in [9.17, 15) is 9.59 Å². The summed E-state index contributed by atoms with van der Waals surface area (Å²) in [7, 11) is 1.53. The van der Waals surface area contributed by atoms with E-state index in [4.69, 9.17) is 4.74 Å². The number of hydrogen-bond donors (Lipinski definition) is 2. The smallest absolute Gasteiger partial charge is 0.239 e. The molecule has 0 atom stereocenters. The lowest BCUT2D eigenvalue weighted by atomic mass is 9.90. The van der Waals surface area contributed by atoms with E-state index in [0.29, 0.717) is 18.0 Å². The molecular formula is C20H24N2O3. The predicted molar refractivity (Wildman–Crippen MR) is 98.6 cm³/mol. The van der Waals surface area contributed by atoms with Crippen molar-refractivity contribution >= 4 is 17.5 Å². The first-order chi connectivity index (χ1) is 11.9. The van der Waals surface area contributed by atoms with Crippen molar-refractivity contribution in [2.45, 2.75) is 20.3 Å². The maximum Gasteiger partial charge on any atom is 0.239 e. The van der Waals surface area contributed by atoms with Crippen molar-refractivity contribution in [3.8, 4) is 5.75 Å². The number of benzene rings is 2. The van der Waals surface area contributed by atoms with Crippen LogP contribution in [-0.2, 0) is 16.0 Å². The molecule has 2 aromatic rings. The van der Waals surface area contributed by atoms with E-state index in [1.165, 1.54) is 7.11 Å². The average Bonchev–Trinajstić information content (AvgIpc) is 2.62. The Morgan fingerprint density at radius 3 is 2.28 bits per heavy atom. The van der Waals surface area contributed by atoms with Gasteiger partial charge in [0.1, 0.15) is 11.2 Å². The summed E-state index contributed by atoms with van der Waals surface area (Å²) in [5.74, 6) is -0.138. The van der Waals surface area contributed by atoms with Gasteiger partial charge in [0.05, 0.1) is 12.8 Å². The summed E-state index contributed by atoms with van der Waals surface area (Å²) in [6.07, 6.45) is 0.719. The molecule has 0 aliphatic heterocycles. The molecule has 0 radical (unpaired) electrons. The van der Waals surface area contributed by atoms with Gasteiger partial charge in [-0.3, -0.25) is 9.59 Å². The zero-order chi connectivity index (χ0) is 18.3. The number of methoxy groups -OCH3 is 1. The fraction of sp³-hybridized carbons (Fsp3) is 0.300. The number of carbonyl (C=O) groups excluding carboxylic acids is 2. The zero-order valence-corrected chi connectivity index (χ0v) is 14.8. The van der Waals surface area contributed by atoms with Gasteiger partial charge in [0.25, 0.3) is 0 Å². The summed E-state index contributed by atoms with van der Waals surface area (Å²) in [5, 5.41) is 5.60. The van der Waals surface area contributed by atoms with Crippen molar-refractivity contribution in [2.75, 3.05) is 19.0 Å². The minimum Gasteiger partial charge on any atom is -0.495 e. The first-order valence-corrected chi connectivity index (χ1v) is 8.22. The van der Waals surface area contributed by atoms with Crippen molar-refractivity contribution in [1.82, 2.24) is 5.32 Å². The van der Waals surface area contributed by atoms with Crippen LogP contribution in [0.25, 0.3) is 0 Å². The highest BCUT2D eigenvalue weighted by molar-refractivity contribution is 6.10. The Morgan fingerprint density at radius 2 is 1.60 bits per heavy atom. The molecule has 2 aromatic carbocycles. The highest BCUT2D eigenvalue weighted by atomic mass is 16.5. The molecule has 5 nitrogen and oxygen atoms in total. The number of amides is 2. The van der Waals surface area contributed by atoms with Crippen LogP contribution in [0.2, 0.25) is 0 Å². The Morgan fingerprint density at radius 1 is 0.960 bits per heavy atom. The van der Waals surface area contributed by atoms with Crippen molar-refractivity contribution < 1.29 is 14.3 Å². The molecule has 5 heteroatoms. The Bertz CT molecular complexity index is 727. The van der Waals surface area contributed by atoms with E-state index >= 15 is 0 Å². The number of rotatable bonds is 7. The lowest BCUT2D eigenvalue weighted by Gasteiger charge is -2.23. The molecule has 0 fully saturated rings. The van der Waals surface area contributed by atoms with E-state index in [0.717, 1.165) is 12.0 Å². The molecule has 25 heavy (non-hydrogen) atoms. The van der Waals surface area contributed by atoms with Gasteiger partial charge in [-0.2, -0.15) is 0 Å². The summed E-state index contributed by atoms with van der Waals surface area (Å²) in [6, 6.07) is 17.0. The molecule has 2 rings (SSSR count). The molecule has 0 heterocycles. The fourth-order valence-corrected chi connectivity index (χ4v) is 2.32. The standard InChI is InChI=1S/C20H24N2O3/c1-20(2,18(23)21-14-13-15-9-5-4-6-10-15)19(24)22-16-11-7-8-12-17(16)25-3/h4-12H,13-14H2,1-3H3,(H,21,23)(H,22,24). The average molecular weight is 340 g/mol.